The average molecular weight is 373 g/mol. The molecule has 0 spiro atoms. The lowest BCUT2D eigenvalue weighted by atomic mass is 9.96. The van der Waals surface area contributed by atoms with Gasteiger partial charge in [0, 0.05) is 12.3 Å². The van der Waals surface area contributed by atoms with Gasteiger partial charge in [-0.15, -0.1) is 0 Å². The summed E-state index contributed by atoms with van der Waals surface area (Å²) in [6.07, 6.45) is 4.14. The predicted molar refractivity (Wildman–Crippen MR) is 98.7 cm³/mol. The van der Waals surface area contributed by atoms with Crippen molar-refractivity contribution in [2.45, 2.75) is 44.8 Å². The smallest absolute Gasteiger partial charge is 0.230 e. The van der Waals surface area contributed by atoms with Crippen LogP contribution in [0.15, 0.2) is 18.5 Å². The van der Waals surface area contributed by atoms with Gasteiger partial charge in [0.25, 0.3) is 0 Å². The van der Waals surface area contributed by atoms with Crippen LogP contribution in [0.1, 0.15) is 32.4 Å². The number of hydrogen-bond donors (Lipinski definition) is 2. The van der Waals surface area contributed by atoms with Gasteiger partial charge in [-0.1, -0.05) is 0 Å². The summed E-state index contributed by atoms with van der Waals surface area (Å²) in [7, 11) is 0. The van der Waals surface area contributed by atoms with Crippen LogP contribution in [-0.2, 0) is 5.54 Å². The summed E-state index contributed by atoms with van der Waals surface area (Å²) in [6, 6.07) is 3.81. The molecule has 8 nitrogen and oxygen atoms in total. The standard InChI is InChI=1S/C18H24FN7O/c1-13-14(10-26(25-13)17(2,3)11-20)23-16-22-7-4-15(24-16)27-12-18(19)5-8-21-9-6-18/h4,7,10,21H,5-6,8-9,12H2,1-3H3,(H,22,23,24). The van der Waals surface area contributed by atoms with Gasteiger partial charge in [0.05, 0.1) is 23.6 Å². The molecule has 1 aliphatic rings. The fourth-order valence-corrected chi connectivity index (χ4v) is 2.75. The predicted octanol–water partition coefficient (Wildman–Crippen LogP) is 2.45. The van der Waals surface area contributed by atoms with Gasteiger partial charge in [0.2, 0.25) is 11.8 Å². The molecule has 0 atom stereocenters. The molecule has 2 N–H and O–H groups in total. The third-order valence-corrected chi connectivity index (χ3v) is 4.60. The minimum absolute atomic E-state index is 0.0293. The van der Waals surface area contributed by atoms with E-state index >= 15 is 0 Å². The highest BCUT2D eigenvalue weighted by atomic mass is 19.1. The van der Waals surface area contributed by atoms with Crippen LogP contribution >= 0.6 is 0 Å². The lowest BCUT2D eigenvalue weighted by molar-refractivity contribution is 0.0519. The number of nitrogens with one attached hydrogen (secondary N) is 2. The fourth-order valence-electron chi connectivity index (χ4n) is 2.75. The molecule has 27 heavy (non-hydrogen) atoms. The maximum Gasteiger partial charge on any atom is 0.230 e. The monoisotopic (exact) mass is 373 g/mol. The van der Waals surface area contributed by atoms with Gasteiger partial charge in [-0.2, -0.15) is 15.3 Å². The number of alkyl halides is 1. The van der Waals surface area contributed by atoms with Crippen LogP contribution in [-0.4, -0.2) is 45.1 Å². The molecule has 0 radical (unpaired) electrons. The normalized spacial score (nSPS) is 16.6. The lowest BCUT2D eigenvalue weighted by Crippen LogP contribution is -2.42. The van der Waals surface area contributed by atoms with Crippen molar-refractivity contribution < 1.29 is 9.13 Å². The number of anilines is 2. The molecule has 2 aromatic heterocycles. The highest BCUT2D eigenvalue weighted by Crippen LogP contribution is 2.25. The summed E-state index contributed by atoms with van der Waals surface area (Å²) < 4.78 is 21.8. The Labute approximate surface area is 157 Å². The first-order chi connectivity index (χ1) is 12.8. The largest absolute Gasteiger partial charge is 0.474 e. The maximum absolute atomic E-state index is 14.6. The Kier molecular flexibility index (Phi) is 5.28. The summed E-state index contributed by atoms with van der Waals surface area (Å²) in [5.41, 5.74) is -0.688. The van der Waals surface area contributed by atoms with E-state index < -0.39 is 11.2 Å². The Morgan fingerprint density at radius 3 is 2.89 bits per heavy atom. The summed E-state index contributed by atoms with van der Waals surface area (Å²) in [6.45, 7) is 6.66. The van der Waals surface area contributed by atoms with Crippen molar-refractivity contribution in [1.29, 1.82) is 5.26 Å². The number of hydrogen-bond acceptors (Lipinski definition) is 7. The molecule has 3 heterocycles. The van der Waals surface area contributed by atoms with Gasteiger partial charge >= 0.3 is 0 Å². The molecule has 0 aliphatic carbocycles. The minimum Gasteiger partial charge on any atom is -0.474 e. The molecule has 2 aromatic rings. The van der Waals surface area contributed by atoms with Gasteiger partial charge in [0.1, 0.15) is 17.8 Å². The van der Waals surface area contributed by atoms with E-state index in [1.54, 1.807) is 37.0 Å². The Morgan fingerprint density at radius 2 is 2.19 bits per heavy atom. The topological polar surface area (TPSA) is 101 Å². The van der Waals surface area contributed by atoms with Gasteiger partial charge < -0.3 is 15.4 Å². The molecule has 0 saturated carbocycles. The highest BCUT2D eigenvalue weighted by Gasteiger charge is 2.32. The van der Waals surface area contributed by atoms with Gasteiger partial charge in [-0.05, 0) is 46.7 Å². The van der Waals surface area contributed by atoms with E-state index in [4.69, 9.17) is 4.74 Å². The summed E-state index contributed by atoms with van der Waals surface area (Å²) >= 11 is 0. The number of ether oxygens (including phenoxy) is 1. The van der Waals surface area contributed by atoms with E-state index in [1.807, 2.05) is 6.92 Å². The molecule has 0 aromatic carbocycles. The molecule has 0 bridgehead atoms. The number of piperidine rings is 1. The third kappa shape index (κ3) is 4.52. The Balaban J connectivity index is 1.68. The summed E-state index contributed by atoms with van der Waals surface area (Å²) in [4.78, 5) is 8.46. The molecule has 1 fully saturated rings. The SMILES string of the molecule is Cc1nn(C(C)(C)C#N)cc1Nc1nccc(OCC2(F)CCNCC2)n1. The van der Waals surface area contributed by atoms with Crippen molar-refractivity contribution in [1.82, 2.24) is 25.1 Å². The van der Waals surface area contributed by atoms with Gasteiger partial charge in [-0.25, -0.2) is 9.37 Å². The summed E-state index contributed by atoms with van der Waals surface area (Å²) in [5.74, 6) is 0.633. The highest BCUT2D eigenvalue weighted by molar-refractivity contribution is 5.55. The van der Waals surface area contributed by atoms with Crippen LogP contribution < -0.4 is 15.4 Å². The number of rotatable bonds is 6. The van der Waals surface area contributed by atoms with Gasteiger partial charge in [-0.3, -0.25) is 4.68 Å². The maximum atomic E-state index is 14.6. The zero-order valence-electron chi connectivity index (χ0n) is 15.8. The van der Waals surface area contributed by atoms with Crippen LogP contribution in [0.2, 0.25) is 0 Å². The summed E-state index contributed by atoms with van der Waals surface area (Å²) in [5, 5.41) is 19.8. The van der Waals surface area contributed by atoms with Crippen LogP contribution in [0.25, 0.3) is 0 Å². The van der Waals surface area contributed by atoms with Crippen molar-refractivity contribution in [2.75, 3.05) is 25.0 Å². The molecular formula is C18H24FN7O. The van der Waals surface area contributed by atoms with Crippen molar-refractivity contribution >= 4 is 11.6 Å². The second-order valence-electron chi connectivity index (χ2n) is 7.28. The molecule has 144 valence electrons. The van der Waals surface area contributed by atoms with E-state index in [2.05, 4.69) is 31.8 Å². The molecule has 0 amide bonds. The van der Waals surface area contributed by atoms with Crippen molar-refractivity contribution in [3.63, 3.8) is 0 Å². The first kappa shape index (κ1) is 19.0. The second-order valence-corrected chi connectivity index (χ2v) is 7.28. The van der Waals surface area contributed by atoms with Crippen molar-refractivity contribution in [2.24, 2.45) is 0 Å². The van der Waals surface area contributed by atoms with E-state index in [1.165, 1.54) is 0 Å². The number of halogens is 1. The van der Waals surface area contributed by atoms with Crippen LogP contribution in [0.3, 0.4) is 0 Å². The Bertz CT molecular complexity index is 836. The van der Waals surface area contributed by atoms with E-state index in [0.29, 0.717) is 49.1 Å². The number of nitrogens with zero attached hydrogens (tertiary/aromatic N) is 5. The van der Waals surface area contributed by atoms with Crippen LogP contribution in [0.4, 0.5) is 16.0 Å². The Morgan fingerprint density at radius 1 is 1.44 bits per heavy atom. The van der Waals surface area contributed by atoms with Crippen LogP contribution in [0, 0.1) is 18.3 Å². The lowest BCUT2D eigenvalue weighted by Gasteiger charge is -2.29. The number of aryl methyl sites for hydroxylation is 1. The second kappa shape index (κ2) is 7.48. The minimum atomic E-state index is -1.33. The van der Waals surface area contributed by atoms with Crippen molar-refractivity contribution in [3.8, 4) is 11.9 Å². The molecule has 3 rings (SSSR count). The Hall–Kier alpha value is -2.73. The quantitative estimate of drug-likeness (QED) is 0.802. The molecule has 1 aliphatic heterocycles. The molecular weight excluding hydrogens is 349 g/mol. The third-order valence-electron chi connectivity index (χ3n) is 4.60. The fraction of sp³-hybridized carbons (Fsp3) is 0.556. The first-order valence-corrected chi connectivity index (χ1v) is 8.92. The molecule has 0 unspecified atom stereocenters. The van der Waals surface area contributed by atoms with Crippen LogP contribution in [0.5, 0.6) is 5.88 Å². The van der Waals surface area contributed by atoms with Gasteiger partial charge in [0.15, 0.2) is 0 Å². The first-order valence-electron chi connectivity index (χ1n) is 8.92. The molecule has 1 saturated heterocycles. The zero-order valence-corrected chi connectivity index (χ0v) is 15.8. The van der Waals surface area contributed by atoms with E-state index in [9.17, 15) is 9.65 Å². The molecule has 9 heteroatoms. The number of aromatic nitrogens is 4. The number of nitriles is 1. The van der Waals surface area contributed by atoms with E-state index in [0.717, 1.165) is 0 Å². The average Bonchev–Trinajstić information content (AvgIpc) is 3.02. The van der Waals surface area contributed by atoms with E-state index in [-0.39, 0.29) is 6.61 Å². The van der Waals surface area contributed by atoms with Crippen molar-refractivity contribution in [3.05, 3.63) is 24.2 Å². The zero-order chi connectivity index (χ0) is 19.5.